The van der Waals surface area contributed by atoms with E-state index in [0.29, 0.717) is 16.4 Å². The zero-order chi connectivity index (χ0) is 11.4. The molecule has 0 radical (unpaired) electrons. The van der Waals surface area contributed by atoms with Crippen LogP contribution in [-0.2, 0) is 10.4 Å². The maximum Gasteiger partial charge on any atom is 0.0655 e. The first kappa shape index (κ1) is 13.0. The minimum Gasteiger partial charge on any atom is -0.759 e. The summed E-state index contributed by atoms with van der Waals surface area (Å²) in [5, 5.41) is 0.509. The number of hydrogen-bond donors (Lipinski definition) is 2. The Morgan fingerprint density at radius 1 is 1.21 bits per heavy atom. The normalized spacial score (nSPS) is 10.2. The zero-order valence-corrected chi connectivity index (χ0v) is 8.38. The second-order valence-electron chi connectivity index (χ2n) is 2.19. The van der Waals surface area contributed by atoms with Gasteiger partial charge in [-0.1, -0.05) is 11.6 Å². The first-order valence-corrected chi connectivity index (χ1v) is 4.88. The van der Waals surface area contributed by atoms with Crippen molar-refractivity contribution in [3.8, 4) is 0 Å². The van der Waals surface area contributed by atoms with Crippen molar-refractivity contribution < 1.29 is 17.5 Å². The molecule has 1 rings (SSSR count). The predicted octanol–water partition coefficient (Wildman–Crippen LogP) is 0.166. The number of nitrogen functional groups attached to an aromatic ring is 2. The van der Waals surface area contributed by atoms with Crippen LogP contribution in [0.5, 0.6) is 0 Å². The molecule has 0 saturated heterocycles. The summed E-state index contributed by atoms with van der Waals surface area (Å²) in [7, 11) is -5.17. The van der Waals surface area contributed by atoms with Gasteiger partial charge in [-0.2, -0.15) is 0 Å². The lowest BCUT2D eigenvalue weighted by Crippen LogP contribution is -1.91. The van der Waals surface area contributed by atoms with Crippen LogP contribution in [0.15, 0.2) is 18.2 Å². The molecule has 6 nitrogen and oxygen atoms in total. The van der Waals surface area contributed by atoms with Crippen molar-refractivity contribution >= 4 is 33.4 Å². The summed E-state index contributed by atoms with van der Waals surface area (Å²) in [6, 6.07) is 5.01. The van der Waals surface area contributed by atoms with E-state index in [1.807, 2.05) is 0 Å². The van der Waals surface area contributed by atoms with Crippen molar-refractivity contribution in [1.82, 2.24) is 0 Å². The molecule has 0 aromatic heterocycles. The fraction of sp³-hybridized carbons (Fsp3) is 0. The van der Waals surface area contributed by atoms with Gasteiger partial charge >= 0.3 is 0 Å². The summed E-state index contributed by atoms with van der Waals surface area (Å²) in [6.45, 7) is 0. The molecule has 0 saturated carbocycles. The number of halogens is 1. The average Bonchev–Trinajstić information content (AvgIpc) is 1.94. The van der Waals surface area contributed by atoms with Crippen molar-refractivity contribution in [3.05, 3.63) is 23.2 Å². The fourth-order valence-corrected chi connectivity index (χ4v) is 0.732. The summed E-state index contributed by atoms with van der Waals surface area (Å²) >= 11 is 5.61. The maximum atomic E-state index is 8.52. The Morgan fingerprint density at radius 2 is 1.64 bits per heavy atom. The lowest BCUT2D eigenvalue weighted by molar-refractivity contribution is 0.352. The zero-order valence-electron chi connectivity index (χ0n) is 6.81. The van der Waals surface area contributed by atoms with Crippen LogP contribution in [0, 0.1) is 0 Å². The molecule has 14 heavy (non-hydrogen) atoms. The minimum absolute atomic E-state index is 0.509. The first-order chi connectivity index (χ1) is 6.20. The monoisotopic (exact) mass is 238 g/mol. The fourth-order valence-electron chi connectivity index (χ4n) is 0.543. The van der Waals surface area contributed by atoms with Gasteiger partial charge in [-0.3, -0.25) is 8.42 Å². The van der Waals surface area contributed by atoms with E-state index in [1.54, 1.807) is 18.2 Å². The van der Waals surface area contributed by atoms with Gasteiger partial charge in [0.25, 0.3) is 0 Å². The van der Waals surface area contributed by atoms with Crippen molar-refractivity contribution in [2.75, 3.05) is 11.5 Å². The van der Waals surface area contributed by atoms with Crippen LogP contribution in [-0.4, -0.2) is 17.5 Å². The highest BCUT2D eigenvalue weighted by Crippen LogP contribution is 2.20. The van der Waals surface area contributed by atoms with Gasteiger partial charge in [-0.15, -0.1) is 0 Å². The molecule has 0 aliphatic rings. The molecule has 0 fully saturated rings. The number of hydrogen-bond acceptors (Lipinski definition) is 6. The molecule has 0 aliphatic heterocycles. The van der Waals surface area contributed by atoms with Gasteiger partial charge < -0.3 is 20.6 Å². The van der Waals surface area contributed by atoms with Crippen LogP contribution in [0.25, 0.3) is 0 Å². The number of nitrogens with two attached hydrogens (primary N) is 2. The number of anilines is 2. The predicted molar refractivity (Wildman–Crippen MR) is 50.8 cm³/mol. The summed E-state index contributed by atoms with van der Waals surface area (Å²) in [5.41, 5.74) is 12.0. The maximum absolute atomic E-state index is 8.52. The van der Waals surface area contributed by atoms with Crippen LogP contribution in [0.2, 0.25) is 5.02 Å². The van der Waals surface area contributed by atoms with Gasteiger partial charge in [-0.05, 0) is 18.2 Å². The van der Waals surface area contributed by atoms with E-state index in [9.17, 15) is 0 Å². The van der Waals surface area contributed by atoms with Gasteiger partial charge in [0.15, 0.2) is 0 Å². The lowest BCUT2D eigenvalue weighted by Gasteiger charge is -2.06. The quantitative estimate of drug-likeness (QED) is 0.376. The van der Waals surface area contributed by atoms with Crippen LogP contribution in [0.1, 0.15) is 0 Å². The largest absolute Gasteiger partial charge is 0.759 e. The lowest BCUT2D eigenvalue weighted by atomic mass is 10.3. The van der Waals surface area contributed by atoms with Crippen LogP contribution in [0.3, 0.4) is 0 Å². The Kier molecular flexibility index (Phi) is 4.64. The Balaban J connectivity index is 0.000000292. The molecule has 1 aromatic carbocycles. The third-order valence-electron chi connectivity index (χ3n) is 1.02. The van der Waals surface area contributed by atoms with Gasteiger partial charge in [-0.25, -0.2) is 0 Å². The molecule has 0 spiro atoms. The van der Waals surface area contributed by atoms with Gasteiger partial charge in [0, 0.05) is 16.1 Å². The van der Waals surface area contributed by atoms with Crippen LogP contribution < -0.4 is 11.5 Å². The third-order valence-corrected chi connectivity index (χ3v) is 1.35. The molecule has 0 amide bonds. The molecular weight excluding hydrogens is 232 g/mol. The topological polar surface area (TPSA) is 132 Å². The second kappa shape index (κ2) is 5.01. The number of rotatable bonds is 0. The van der Waals surface area contributed by atoms with Gasteiger partial charge in [0.2, 0.25) is 0 Å². The van der Waals surface area contributed by atoms with Crippen LogP contribution >= 0.6 is 11.6 Å². The summed E-state index contributed by atoms with van der Waals surface area (Å²) in [4.78, 5) is 0. The van der Waals surface area contributed by atoms with E-state index in [-0.39, 0.29) is 0 Å². The van der Waals surface area contributed by atoms with Crippen molar-refractivity contribution in [3.63, 3.8) is 0 Å². The van der Waals surface area contributed by atoms with Gasteiger partial charge in [0.05, 0.1) is 10.7 Å². The van der Waals surface area contributed by atoms with E-state index in [2.05, 4.69) is 0 Å². The Labute approximate surface area is 86.1 Å². The van der Waals surface area contributed by atoms with E-state index in [0.717, 1.165) is 0 Å². The van der Waals surface area contributed by atoms with Crippen molar-refractivity contribution in [1.29, 1.82) is 0 Å². The average molecular weight is 239 g/mol. The highest BCUT2D eigenvalue weighted by atomic mass is 35.5. The standard InChI is InChI=1S/C6H7ClN2.H2O4S/c7-5-3-4(8)1-2-6(5)9;1-5(2,3)4/h1-3H,8-9H2;(H2,1,2,3,4)/p-2. The Bertz CT molecular complexity index is 398. The molecule has 8 heteroatoms. The molecule has 0 aliphatic carbocycles. The molecule has 0 atom stereocenters. The van der Waals surface area contributed by atoms with E-state index in [1.165, 1.54) is 0 Å². The van der Waals surface area contributed by atoms with Gasteiger partial charge in [0.1, 0.15) is 0 Å². The van der Waals surface area contributed by atoms with E-state index < -0.39 is 10.4 Å². The second-order valence-corrected chi connectivity index (χ2v) is 3.41. The minimum atomic E-state index is -5.17. The summed E-state index contributed by atoms with van der Waals surface area (Å²) in [5.74, 6) is 0. The SMILES string of the molecule is Nc1ccc(N)c(Cl)c1.O=S(=O)([O-])[O-]. The highest BCUT2D eigenvalue weighted by molar-refractivity contribution is 7.79. The molecule has 0 heterocycles. The van der Waals surface area contributed by atoms with Crippen molar-refractivity contribution in [2.24, 2.45) is 0 Å². The smallest absolute Gasteiger partial charge is 0.0655 e. The number of benzene rings is 1. The molecule has 0 unspecified atom stereocenters. The highest BCUT2D eigenvalue weighted by Gasteiger charge is 1.92. The third kappa shape index (κ3) is 7.62. The molecule has 1 aromatic rings. The van der Waals surface area contributed by atoms with Crippen molar-refractivity contribution in [2.45, 2.75) is 0 Å². The molecular formula is C6H7ClN2O4S-2. The summed E-state index contributed by atoms with van der Waals surface area (Å²) < 4.78 is 34.1. The molecule has 0 bridgehead atoms. The van der Waals surface area contributed by atoms with E-state index >= 15 is 0 Å². The molecule has 80 valence electrons. The summed E-state index contributed by atoms with van der Waals surface area (Å²) in [6.07, 6.45) is 0. The van der Waals surface area contributed by atoms with E-state index in [4.69, 9.17) is 40.6 Å². The Morgan fingerprint density at radius 3 is 1.93 bits per heavy atom. The molecule has 4 N–H and O–H groups in total. The Hall–Kier alpha value is -1.02. The first-order valence-electron chi connectivity index (χ1n) is 3.17. The van der Waals surface area contributed by atoms with Crippen LogP contribution in [0.4, 0.5) is 11.4 Å².